The topological polar surface area (TPSA) is 224 Å². The van der Waals surface area contributed by atoms with Gasteiger partial charge in [0.1, 0.15) is 18.8 Å². The molecule has 1 aliphatic heterocycles. The van der Waals surface area contributed by atoms with Crippen molar-refractivity contribution in [3.63, 3.8) is 0 Å². The molecule has 47 heavy (non-hydrogen) atoms. The summed E-state index contributed by atoms with van der Waals surface area (Å²) >= 11 is 5.86. The molecule has 3 amide bonds. The van der Waals surface area contributed by atoms with E-state index in [1.165, 1.54) is 0 Å². The van der Waals surface area contributed by atoms with Crippen molar-refractivity contribution < 1.29 is 54.2 Å². The highest BCUT2D eigenvalue weighted by molar-refractivity contribution is 6.30. The van der Waals surface area contributed by atoms with E-state index in [2.05, 4.69) is 16.0 Å². The Morgan fingerprint density at radius 3 is 2.30 bits per heavy atom. The number of carboxylic acid groups (broad SMARTS) is 1. The van der Waals surface area contributed by atoms with Gasteiger partial charge in [0.15, 0.2) is 0 Å². The van der Waals surface area contributed by atoms with Crippen LogP contribution in [0.3, 0.4) is 0 Å². The van der Waals surface area contributed by atoms with Crippen molar-refractivity contribution in [1.29, 1.82) is 0 Å². The number of carbonyl (C=O) groups is 4. The number of hydrogen-bond acceptors (Lipinski definition) is 10. The van der Waals surface area contributed by atoms with Crippen LogP contribution in [0.15, 0.2) is 54.6 Å². The highest BCUT2D eigenvalue weighted by atomic mass is 35.5. The van der Waals surface area contributed by atoms with E-state index in [9.17, 15) is 44.7 Å². The van der Waals surface area contributed by atoms with E-state index in [1.54, 1.807) is 48.5 Å². The van der Waals surface area contributed by atoms with Crippen molar-refractivity contribution in [2.75, 3.05) is 26.3 Å². The first-order chi connectivity index (χ1) is 22.5. The maximum atomic E-state index is 12.4. The van der Waals surface area contributed by atoms with E-state index in [1.807, 2.05) is 6.07 Å². The molecular weight excluding hydrogens is 638 g/mol. The number of benzene rings is 2. The van der Waals surface area contributed by atoms with E-state index in [-0.39, 0.29) is 18.9 Å². The van der Waals surface area contributed by atoms with Crippen LogP contribution in [-0.2, 0) is 30.3 Å². The number of hydrogen-bond donors (Lipinski definition) is 8. The fraction of sp³-hybridized carbons (Fsp3) is 0.500. The molecule has 0 aliphatic carbocycles. The summed E-state index contributed by atoms with van der Waals surface area (Å²) < 4.78 is 11.3. The lowest BCUT2D eigenvalue weighted by molar-refractivity contribution is -0.310. The number of nitrogens with one attached hydrogen (secondary N) is 3. The summed E-state index contributed by atoms with van der Waals surface area (Å²) in [5.74, 6) is -5.65. The lowest BCUT2D eigenvalue weighted by Crippen LogP contribution is -2.68. The number of halogens is 1. The monoisotopic (exact) mass is 679 g/mol. The Morgan fingerprint density at radius 2 is 1.64 bits per heavy atom. The van der Waals surface area contributed by atoms with Crippen LogP contribution >= 0.6 is 11.6 Å². The van der Waals surface area contributed by atoms with Crippen LogP contribution in [-0.4, -0.2) is 112 Å². The molecule has 14 nitrogen and oxygen atoms in total. The molecule has 0 aromatic heterocycles. The second-order valence-electron chi connectivity index (χ2n) is 11.2. The van der Waals surface area contributed by atoms with Crippen molar-refractivity contribution >= 4 is 35.3 Å². The van der Waals surface area contributed by atoms with Crippen LogP contribution in [0.5, 0.6) is 0 Å². The molecule has 8 N–H and O–H groups in total. The normalized spacial score (nSPS) is 22.1. The van der Waals surface area contributed by atoms with Gasteiger partial charge in [0.05, 0.1) is 31.3 Å². The SMILES string of the molecule is O=C(Cc1ccc(Cl)cc1)NC[C@@H](O)[C@@H](O)[C@@H]1O[C@@](OCCCCCCNC(=O)c2ccccc2)(C(=O)O)C[C@H](O)[C@H]1NC(=O)CO. The third-order valence-corrected chi connectivity index (χ3v) is 7.87. The minimum Gasteiger partial charge on any atom is -0.477 e. The Balaban J connectivity index is 1.55. The molecule has 258 valence electrons. The number of carbonyl (C=O) groups excluding carboxylic acids is 3. The van der Waals surface area contributed by atoms with Gasteiger partial charge in [-0.05, 0) is 42.7 Å². The van der Waals surface area contributed by atoms with Crippen molar-refractivity contribution in [3.8, 4) is 0 Å². The summed E-state index contributed by atoms with van der Waals surface area (Å²) in [5.41, 5.74) is 1.20. The zero-order chi connectivity index (χ0) is 34.4. The number of rotatable bonds is 18. The van der Waals surface area contributed by atoms with Crippen LogP contribution in [0.4, 0.5) is 0 Å². The largest absolute Gasteiger partial charge is 0.477 e. The van der Waals surface area contributed by atoms with Gasteiger partial charge >= 0.3 is 5.97 Å². The van der Waals surface area contributed by atoms with E-state index < -0.39 is 73.6 Å². The van der Waals surface area contributed by atoms with Gasteiger partial charge in [-0.25, -0.2) is 4.79 Å². The van der Waals surface area contributed by atoms with Gasteiger partial charge in [-0.2, -0.15) is 0 Å². The molecule has 0 bridgehead atoms. The third-order valence-electron chi connectivity index (χ3n) is 7.61. The number of aliphatic hydroxyl groups excluding tert-OH is 4. The predicted molar refractivity (Wildman–Crippen MR) is 168 cm³/mol. The molecule has 15 heteroatoms. The first kappa shape index (κ1) is 37.8. The number of carboxylic acids is 1. The van der Waals surface area contributed by atoms with Crippen LogP contribution in [0, 0.1) is 0 Å². The van der Waals surface area contributed by atoms with Crippen LogP contribution in [0.2, 0.25) is 5.02 Å². The predicted octanol–water partition coefficient (Wildman–Crippen LogP) is 0.135. The second-order valence-corrected chi connectivity index (χ2v) is 11.6. The molecule has 1 fully saturated rings. The lowest BCUT2D eigenvalue weighted by atomic mass is 9.88. The Labute approximate surface area is 277 Å². The molecule has 1 aliphatic rings. The molecule has 0 spiro atoms. The molecule has 0 saturated carbocycles. The third kappa shape index (κ3) is 11.5. The van der Waals surface area contributed by atoms with Gasteiger partial charge in [-0.1, -0.05) is 54.8 Å². The van der Waals surface area contributed by atoms with E-state index >= 15 is 0 Å². The summed E-state index contributed by atoms with van der Waals surface area (Å²) in [6.07, 6.45) is -5.28. The number of aliphatic hydroxyl groups is 4. The lowest BCUT2D eigenvalue weighted by Gasteiger charge is -2.46. The molecule has 1 heterocycles. The summed E-state index contributed by atoms with van der Waals surface area (Å²) in [6, 6.07) is 13.9. The van der Waals surface area contributed by atoms with Gasteiger partial charge in [0, 0.05) is 30.1 Å². The zero-order valence-electron chi connectivity index (χ0n) is 25.7. The van der Waals surface area contributed by atoms with Gasteiger partial charge < -0.3 is 51.0 Å². The molecular formula is C32H42ClN3O11. The molecule has 1 saturated heterocycles. The number of amides is 3. The fourth-order valence-corrected chi connectivity index (χ4v) is 5.19. The minimum absolute atomic E-state index is 0.0495. The average Bonchev–Trinajstić information content (AvgIpc) is 3.06. The highest BCUT2D eigenvalue weighted by Crippen LogP contribution is 2.34. The van der Waals surface area contributed by atoms with Crippen molar-refractivity contribution in [3.05, 3.63) is 70.7 Å². The fourth-order valence-electron chi connectivity index (χ4n) is 5.07. The van der Waals surface area contributed by atoms with Gasteiger partial charge in [0.25, 0.3) is 11.7 Å². The summed E-state index contributed by atoms with van der Waals surface area (Å²) in [7, 11) is 0. The highest BCUT2D eigenvalue weighted by Gasteiger charge is 2.55. The Morgan fingerprint density at radius 1 is 0.957 bits per heavy atom. The molecule has 2 aromatic rings. The van der Waals surface area contributed by atoms with Gasteiger partial charge in [0.2, 0.25) is 11.8 Å². The van der Waals surface area contributed by atoms with E-state index in [0.717, 1.165) is 0 Å². The van der Waals surface area contributed by atoms with Crippen molar-refractivity contribution in [1.82, 2.24) is 16.0 Å². The first-order valence-electron chi connectivity index (χ1n) is 15.3. The number of ether oxygens (including phenoxy) is 2. The maximum Gasteiger partial charge on any atom is 0.364 e. The molecule has 2 aromatic carbocycles. The van der Waals surface area contributed by atoms with Gasteiger partial charge in [-0.3, -0.25) is 14.4 Å². The summed E-state index contributed by atoms with van der Waals surface area (Å²) in [4.78, 5) is 48.9. The maximum absolute atomic E-state index is 12.4. The quantitative estimate of drug-likeness (QED) is 0.0989. The van der Waals surface area contributed by atoms with Crippen LogP contribution < -0.4 is 16.0 Å². The average molecular weight is 680 g/mol. The zero-order valence-corrected chi connectivity index (χ0v) is 26.5. The van der Waals surface area contributed by atoms with Crippen LogP contribution in [0.25, 0.3) is 0 Å². The van der Waals surface area contributed by atoms with Crippen LogP contribution in [0.1, 0.15) is 48.0 Å². The molecule has 0 radical (unpaired) electrons. The first-order valence-corrected chi connectivity index (χ1v) is 15.7. The number of aliphatic carboxylic acids is 1. The summed E-state index contributed by atoms with van der Waals surface area (Å²) in [5, 5.41) is 60.0. The Hall–Kier alpha value is -3.63. The Kier molecular flexibility index (Phi) is 15.0. The summed E-state index contributed by atoms with van der Waals surface area (Å²) in [6.45, 7) is -1.09. The van der Waals surface area contributed by atoms with E-state index in [4.69, 9.17) is 21.1 Å². The minimum atomic E-state index is -2.44. The van der Waals surface area contributed by atoms with Crippen molar-refractivity contribution in [2.45, 2.75) is 74.8 Å². The van der Waals surface area contributed by atoms with Crippen molar-refractivity contribution in [2.24, 2.45) is 0 Å². The standard InChI is InChI=1S/C32H42ClN3O11/c33-22-12-10-20(11-13-22)16-25(40)35-18-24(39)28(42)29-27(36-26(41)19-37)23(38)17-32(47-29,31(44)45)46-15-7-2-1-6-14-34-30(43)21-8-4-3-5-9-21/h3-5,8-13,23-24,27-29,37-39,42H,1-2,6-7,14-19H2,(H,34,43)(H,35,40)(H,36,41)(H,44,45)/t23-,24+,27+,28+,29+,32+/m0/s1. The van der Waals surface area contributed by atoms with Gasteiger partial charge in [-0.15, -0.1) is 0 Å². The number of unbranched alkanes of at least 4 members (excludes halogenated alkanes) is 3. The van der Waals surface area contributed by atoms with E-state index in [0.29, 0.717) is 48.4 Å². The molecule has 3 rings (SSSR count). The smallest absolute Gasteiger partial charge is 0.364 e. The molecule has 6 atom stereocenters. The molecule has 0 unspecified atom stereocenters. The second kappa shape index (κ2) is 18.6. The Bertz CT molecular complexity index is 1320.